The Kier molecular flexibility index (Phi) is 6.98. The van der Waals surface area contributed by atoms with E-state index < -0.39 is 12.1 Å². The zero-order chi connectivity index (χ0) is 21.5. The lowest BCUT2D eigenvalue weighted by molar-refractivity contribution is -0.114. The lowest BCUT2D eigenvalue weighted by atomic mass is 10.1. The van der Waals surface area contributed by atoms with Crippen molar-refractivity contribution < 1.29 is 19.1 Å². The predicted molar refractivity (Wildman–Crippen MR) is 117 cm³/mol. The molecule has 154 valence electrons. The maximum absolute atomic E-state index is 12.5. The van der Waals surface area contributed by atoms with E-state index in [9.17, 15) is 14.4 Å². The summed E-state index contributed by atoms with van der Waals surface area (Å²) in [5.74, 6) is -0.728. The third-order valence-electron chi connectivity index (χ3n) is 4.35. The number of hydrogen-bond acceptors (Lipinski definition) is 5. The van der Waals surface area contributed by atoms with E-state index in [0.717, 1.165) is 11.1 Å². The van der Waals surface area contributed by atoms with Gasteiger partial charge in [0.1, 0.15) is 6.10 Å². The molecule has 6 nitrogen and oxygen atoms in total. The van der Waals surface area contributed by atoms with Crippen molar-refractivity contribution in [2.75, 3.05) is 5.32 Å². The van der Waals surface area contributed by atoms with Crippen LogP contribution in [-0.2, 0) is 16.1 Å². The SMILES string of the molecule is CC(=O)Nc1cccc([C@@H](C)OC(=O)c2ccc(CNC(=O)c3cccs3)cc2)c1. The topological polar surface area (TPSA) is 84.5 Å². The summed E-state index contributed by atoms with van der Waals surface area (Å²) in [5, 5.41) is 7.41. The second kappa shape index (κ2) is 9.84. The molecule has 0 spiro atoms. The lowest BCUT2D eigenvalue weighted by Gasteiger charge is -2.15. The number of nitrogens with one attached hydrogen (secondary N) is 2. The molecule has 2 N–H and O–H groups in total. The Morgan fingerprint density at radius 3 is 2.47 bits per heavy atom. The quantitative estimate of drug-likeness (QED) is 0.547. The summed E-state index contributed by atoms with van der Waals surface area (Å²) in [7, 11) is 0. The predicted octanol–water partition coefficient (Wildman–Crippen LogP) is 4.55. The molecule has 0 radical (unpaired) electrons. The minimum Gasteiger partial charge on any atom is -0.454 e. The van der Waals surface area contributed by atoms with E-state index in [4.69, 9.17) is 4.74 Å². The van der Waals surface area contributed by atoms with Crippen LogP contribution < -0.4 is 10.6 Å². The van der Waals surface area contributed by atoms with Crippen LogP contribution in [0.3, 0.4) is 0 Å². The first kappa shape index (κ1) is 21.3. The van der Waals surface area contributed by atoms with Gasteiger partial charge in [-0.15, -0.1) is 11.3 Å². The van der Waals surface area contributed by atoms with Gasteiger partial charge in [-0.1, -0.05) is 30.3 Å². The summed E-state index contributed by atoms with van der Waals surface area (Å²) in [5.41, 5.74) is 2.74. The summed E-state index contributed by atoms with van der Waals surface area (Å²) in [6.45, 7) is 3.59. The van der Waals surface area contributed by atoms with Crippen LogP contribution in [0.15, 0.2) is 66.0 Å². The van der Waals surface area contributed by atoms with Crippen molar-refractivity contribution in [3.8, 4) is 0 Å². The van der Waals surface area contributed by atoms with Crippen LogP contribution in [0.25, 0.3) is 0 Å². The average Bonchev–Trinajstić information content (AvgIpc) is 3.27. The Morgan fingerprint density at radius 2 is 1.80 bits per heavy atom. The van der Waals surface area contributed by atoms with E-state index in [2.05, 4.69) is 10.6 Å². The molecule has 1 aromatic heterocycles. The monoisotopic (exact) mass is 422 g/mol. The Labute approximate surface area is 178 Å². The highest BCUT2D eigenvalue weighted by atomic mass is 32.1. The molecule has 2 aromatic carbocycles. The molecular weight excluding hydrogens is 400 g/mol. The highest BCUT2D eigenvalue weighted by Crippen LogP contribution is 2.22. The molecule has 3 aromatic rings. The van der Waals surface area contributed by atoms with E-state index in [-0.39, 0.29) is 11.8 Å². The third-order valence-corrected chi connectivity index (χ3v) is 5.22. The molecule has 2 amide bonds. The van der Waals surface area contributed by atoms with Crippen molar-refractivity contribution in [2.45, 2.75) is 26.5 Å². The molecule has 1 atom stereocenters. The largest absolute Gasteiger partial charge is 0.454 e. The molecule has 0 aliphatic rings. The number of carbonyl (C=O) groups excluding carboxylic acids is 3. The Bertz CT molecular complexity index is 1030. The number of carbonyl (C=O) groups is 3. The van der Waals surface area contributed by atoms with Crippen molar-refractivity contribution in [3.05, 3.63) is 87.6 Å². The fourth-order valence-corrected chi connectivity index (χ4v) is 3.45. The Morgan fingerprint density at radius 1 is 1.03 bits per heavy atom. The first-order chi connectivity index (χ1) is 14.4. The maximum atomic E-state index is 12.5. The Balaban J connectivity index is 1.56. The van der Waals surface area contributed by atoms with Crippen molar-refractivity contribution in [2.24, 2.45) is 0 Å². The highest BCUT2D eigenvalue weighted by Gasteiger charge is 2.14. The Hall–Kier alpha value is -3.45. The first-order valence-electron chi connectivity index (χ1n) is 9.41. The molecule has 0 fully saturated rings. The molecule has 1 heterocycles. The minimum absolute atomic E-state index is 0.121. The van der Waals surface area contributed by atoms with Crippen LogP contribution in [0.1, 0.15) is 51.1 Å². The molecule has 0 unspecified atom stereocenters. The number of ether oxygens (including phenoxy) is 1. The van der Waals surface area contributed by atoms with Crippen molar-refractivity contribution in [1.82, 2.24) is 5.32 Å². The lowest BCUT2D eigenvalue weighted by Crippen LogP contribution is -2.21. The molecular formula is C23H22N2O4S. The zero-order valence-corrected chi connectivity index (χ0v) is 17.5. The molecule has 0 bridgehead atoms. The third kappa shape index (κ3) is 5.78. The first-order valence-corrected chi connectivity index (χ1v) is 10.3. The second-order valence-corrected chi connectivity index (χ2v) is 7.66. The van der Waals surface area contributed by atoms with Gasteiger partial charge in [0.15, 0.2) is 0 Å². The number of esters is 1. The molecule has 0 aliphatic heterocycles. The second-order valence-electron chi connectivity index (χ2n) is 6.71. The van der Waals surface area contributed by atoms with Gasteiger partial charge in [0.2, 0.25) is 5.91 Å². The molecule has 30 heavy (non-hydrogen) atoms. The van der Waals surface area contributed by atoms with Gasteiger partial charge in [-0.05, 0) is 53.8 Å². The molecule has 7 heteroatoms. The molecule has 0 aliphatic carbocycles. The van der Waals surface area contributed by atoms with Gasteiger partial charge in [0.05, 0.1) is 10.4 Å². The number of benzene rings is 2. The fourth-order valence-electron chi connectivity index (χ4n) is 2.81. The summed E-state index contributed by atoms with van der Waals surface area (Å²) in [6.07, 6.45) is -0.476. The normalized spacial score (nSPS) is 11.4. The number of hydrogen-bond donors (Lipinski definition) is 2. The summed E-state index contributed by atoms with van der Waals surface area (Å²) in [4.78, 5) is 36.3. The maximum Gasteiger partial charge on any atom is 0.338 e. The van der Waals surface area contributed by atoms with E-state index in [1.807, 2.05) is 17.5 Å². The summed E-state index contributed by atoms with van der Waals surface area (Å²) in [6, 6.07) is 17.7. The highest BCUT2D eigenvalue weighted by molar-refractivity contribution is 7.12. The number of amides is 2. The van der Waals surface area contributed by atoms with Crippen LogP contribution >= 0.6 is 11.3 Å². The smallest absolute Gasteiger partial charge is 0.338 e. The average molecular weight is 423 g/mol. The van der Waals surface area contributed by atoms with Gasteiger partial charge in [-0.25, -0.2) is 4.79 Å². The molecule has 0 saturated carbocycles. The van der Waals surface area contributed by atoms with Gasteiger partial charge in [-0.2, -0.15) is 0 Å². The van der Waals surface area contributed by atoms with Gasteiger partial charge in [0.25, 0.3) is 5.91 Å². The van der Waals surface area contributed by atoms with Gasteiger partial charge >= 0.3 is 5.97 Å². The van der Waals surface area contributed by atoms with Crippen LogP contribution in [0, 0.1) is 0 Å². The van der Waals surface area contributed by atoms with Gasteiger partial charge in [0, 0.05) is 19.2 Å². The van der Waals surface area contributed by atoms with E-state index >= 15 is 0 Å². The van der Waals surface area contributed by atoms with Crippen LogP contribution in [0.5, 0.6) is 0 Å². The van der Waals surface area contributed by atoms with Gasteiger partial charge in [-0.3, -0.25) is 9.59 Å². The molecule has 0 saturated heterocycles. The van der Waals surface area contributed by atoms with E-state index in [1.165, 1.54) is 18.3 Å². The van der Waals surface area contributed by atoms with E-state index in [0.29, 0.717) is 22.7 Å². The summed E-state index contributed by atoms with van der Waals surface area (Å²) >= 11 is 1.39. The van der Waals surface area contributed by atoms with Crippen molar-refractivity contribution >= 4 is 34.8 Å². The van der Waals surface area contributed by atoms with E-state index in [1.54, 1.807) is 55.5 Å². The minimum atomic E-state index is -0.476. The zero-order valence-electron chi connectivity index (χ0n) is 16.7. The standard InChI is InChI=1S/C23H22N2O4S/c1-15(19-5-3-6-20(13-19)25-16(2)26)29-23(28)18-10-8-17(9-11-18)14-24-22(27)21-7-4-12-30-21/h3-13,15H,14H2,1-2H3,(H,24,27)(H,25,26)/t15-/m1/s1. The van der Waals surface area contributed by atoms with Gasteiger partial charge < -0.3 is 15.4 Å². The number of thiophene rings is 1. The van der Waals surface area contributed by atoms with Crippen molar-refractivity contribution in [3.63, 3.8) is 0 Å². The summed E-state index contributed by atoms with van der Waals surface area (Å²) < 4.78 is 5.55. The molecule has 3 rings (SSSR count). The van der Waals surface area contributed by atoms with Crippen LogP contribution in [-0.4, -0.2) is 17.8 Å². The fraction of sp³-hybridized carbons (Fsp3) is 0.174. The number of rotatable bonds is 7. The number of anilines is 1. The van der Waals surface area contributed by atoms with Crippen LogP contribution in [0.2, 0.25) is 0 Å². The van der Waals surface area contributed by atoms with Crippen molar-refractivity contribution in [1.29, 1.82) is 0 Å². The van der Waals surface area contributed by atoms with Crippen LogP contribution in [0.4, 0.5) is 5.69 Å².